The van der Waals surface area contributed by atoms with E-state index in [1.54, 1.807) is 12.1 Å². The topological polar surface area (TPSA) is 111 Å². The molecule has 0 radical (unpaired) electrons. The van der Waals surface area contributed by atoms with Gasteiger partial charge in [-0.3, -0.25) is 9.59 Å². The van der Waals surface area contributed by atoms with Gasteiger partial charge in [0.15, 0.2) is 16.4 Å². The molecule has 29 heavy (non-hydrogen) atoms. The van der Waals surface area contributed by atoms with Crippen LogP contribution in [0, 0.1) is 0 Å². The van der Waals surface area contributed by atoms with Gasteiger partial charge in [-0.15, -0.1) is 0 Å². The number of halogens is 1. The quantitative estimate of drug-likeness (QED) is 0.717. The molecule has 154 valence electrons. The third-order valence-electron chi connectivity index (χ3n) is 4.35. The van der Waals surface area contributed by atoms with Crippen molar-refractivity contribution in [2.24, 2.45) is 0 Å². The third-order valence-corrected chi connectivity index (χ3v) is 6.78. The average Bonchev–Trinajstić information content (AvgIpc) is 2.67. The first-order chi connectivity index (χ1) is 13.7. The fourth-order valence-corrected chi connectivity index (χ4v) is 4.43. The Balaban J connectivity index is 1.71. The van der Waals surface area contributed by atoms with Gasteiger partial charge in [0, 0.05) is 12.1 Å². The van der Waals surface area contributed by atoms with Gasteiger partial charge < -0.3 is 20.1 Å². The van der Waals surface area contributed by atoms with Crippen LogP contribution in [-0.2, 0) is 19.4 Å². The molecule has 0 saturated carbocycles. The van der Waals surface area contributed by atoms with E-state index in [2.05, 4.69) is 10.6 Å². The first kappa shape index (κ1) is 20.9. The predicted octanol–water partition coefficient (Wildman–Crippen LogP) is 2.87. The highest BCUT2D eigenvalue weighted by Gasteiger charge is 2.28. The second kappa shape index (κ2) is 8.30. The fourth-order valence-electron chi connectivity index (χ4n) is 2.80. The van der Waals surface area contributed by atoms with E-state index in [0.29, 0.717) is 22.2 Å². The van der Waals surface area contributed by atoms with Gasteiger partial charge in [0.1, 0.15) is 11.5 Å². The maximum atomic E-state index is 12.9. The van der Waals surface area contributed by atoms with Crippen molar-refractivity contribution in [1.82, 2.24) is 0 Å². The zero-order valence-electron chi connectivity index (χ0n) is 15.7. The Morgan fingerprint density at radius 3 is 2.76 bits per heavy atom. The van der Waals surface area contributed by atoms with Gasteiger partial charge in [-0.2, -0.15) is 0 Å². The Morgan fingerprint density at radius 2 is 2.07 bits per heavy atom. The minimum Gasteiger partial charge on any atom is -0.495 e. The summed E-state index contributed by atoms with van der Waals surface area (Å²) in [5, 5.41) is 4.53. The van der Waals surface area contributed by atoms with E-state index in [-0.39, 0.29) is 29.5 Å². The second-order valence-corrected chi connectivity index (χ2v) is 9.23. The number of carbonyl (C=O) groups excluding carboxylic acids is 2. The standard InChI is InChI=1S/C19H19ClN2O6S/c1-11(7-18(23)21-12-3-5-16(27-2)14(20)8-12)29(25,26)13-4-6-17-15(9-13)22-19(24)10-28-17/h3-6,8-9,11H,7,10H2,1-2H3,(H,21,23)(H,22,24)/t11-/m1/s1. The number of anilines is 2. The van der Waals surface area contributed by atoms with Crippen LogP contribution in [0.25, 0.3) is 0 Å². The van der Waals surface area contributed by atoms with Crippen molar-refractivity contribution < 1.29 is 27.5 Å². The van der Waals surface area contributed by atoms with Crippen molar-refractivity contribution in [3.05, 3.63) is 41.4 Å². The summed E-state index contributed by atoms with van der Waals surface area (Å²) in [6.45, 7) is 1.33. The zero-order chi connectivity index (χ0) is 21.2. The van der Waals surface area contributed by atoms with E-state index in [0.717, 1.165) is 0 Å². The molecule has 1 heterocycles. The maximum absolute atomic E-state index is 12.9. The second-order valence-electron chi connectivity index (χ2n) is 6.45. The van der Waals surface area contributed by atoms with E-state index in [1.807, 2.05) is 0 Å². The molecular formula is C19H19ClN2O6S. The van der Waals surface area contributed by atoms with Gasteiger partial charge in [0.2, 0.25) is 5.91 Å². The molecule has 2 aromatic carbocycles. The summed E-state index contributed by atoms with van der Waals surface area (Å²) >= 11 is 6.03. The molecule has 0 saturated heterocycles. The van der Waals surface area contributed by atoms with Crippen LogP contribution in [0.1, 0.15) is 13.3 Å². The summed E-state index contributed by atoms with van der Waals surface area (Å²) < 4.78 is 36.0. The summed E-state index contributed by atoms with van der Waals surface area (Å²) in [7, 11) is -2.33. The number of benzene rings is 2. The van der Waals surface area contributed by atoms with Crippen LogP contribution in [0.5, 0.6) is 11.5 Å². The van der Waals surface area contributed by atoms with Crippen molar-refractivity contribution in [2.75, 3.05) is 24.4 Å². The lowest BCUT2D eigenvalue weighted by molar-refractivity contribution is -0.118. The summed E-state index contributed by atoms with van der Waals surface area (Å²) in [5.74, 6) is 0.0175. The molecular weight excluding hydrogens is 420 g/mol. The minimum atomic E-state index is -3.81. The monoisotopic (exact) mass is 438 g/mol. The van der Waals surface area contributed by atoms with E-state index in [9.17, 15) is 18.0 Å². The number of carbonyl (C=O) groups is 2. The highest BCUT2D eigenvalue weighted by Crippen LogP contribution is 2.32. The van der Waals surface area contributed by atoms with Crippen molar-refractivity contribution in [3.63, 3.8) is 0 Å². The first-order valence-corrected chi connectivity index (χ1v) is 10.6. The molecule has 1 aliphatic rings. The lowest BCUT2D eigenvalue weighted by Crippen LogP contribution is -2.27. The molecule has 0 unspecified atom stereocenters. The van der Waals surface area contributed by atoms with E-state index >= 15 is 0 Å². The van der Waals surface area contributed by atoms with Gasteiger partial charge >= 0.3 is 0 Å². The highest BCUT2D eigenvalue weighted by atomic mass is 35.5. The number of fused-ring (bicyclic) bond motifs is 1. The number of nitrogens with one attached hydrogen (secondary N) is 2. The first-order valence-electron chi connectivity index (χ1n) is 8.64. The van der Waals surface area contributed by atoms with E-state index in [4.69, 9.17) is 21.1 Å². The molecule has 10 heteroatoms. The lowest BCUT2D eigenvalue weighted by atomic mass is 10.2. The zero-order valence-corrected chi connectivity index (χ0v) is 17.3. The number of amides is 2. The van der Waals surface area contributed by atoms with Crippen LogP contribution in [0.15, 0.2) is 41.3 Å². The maximum Gasteiger partial charge on any atom is 0.262 e. The molecule has 0 aromatic heterocycles. The summed E-state index contributed by atoms with van der Waals surface area (Å²) in [6, 6.07) is 8.93. The Kier molecular flexibility index (Phi) is 5.99. The van der Waals surface area contributed by atoms with Crippen LogP contribution in [0.3, 0.4) is 0 Å². The molecule has 0 aliphatic carbocycles. The average molecular weight is 439 g/mol. The van der Waals surface area contributed by atoms with Gasteiger partial charge in [-0.05, 0) is 43.3 Å². The number of hydrogen-bond donors (Lipinski definition) is 2. The number of hydrogen-bond acceptors (Lipinski definition) is 6. The molecule has 1 atom stereocenters. The SMILES string of the molecule is COc1ccc(NC(=O)C[C@@H](C)S(=O)(=O)c2ccc3c(c2)NC(=O)CO3)cc1Cl. The molecule has 8 nitrogen and oxygen atoms in total. The summed E-state index contributed by atoms with van der Waals surface area (Å²) in [4.78, 5) is 23.8. The van der Waals surface area contributed by atoms with Crippen LogP contribution >= 0.6 is 11.6 Å². The molecule has 2 amide bonds. The Hall–Kier alpha value is -2.78. The van der Waals surface area contributed by atoms with Crippen molar-refractivity contribution in [3.8, 4) is 11.5 Å². The summed E-state index contributed by atoms with van der Waals surface area (Å²) in [5.41, 5.74) is 0.714. The minimum absolute atomic E-state index is 0.00478. The smallest absolute Gasteiger partial charge is 0.262 e. The summed E-state index contributed by atoms with van der Waals surface area (Å²) in [6.07, 6.45) is -0.258. The lowest BCUT2D eigenvalue weighted by Gasteiger charge is -2.19. The molecule has 0 bridgehead atoms. The Morgan fingerprint density at radius 1 is 1.31 bits per heavy atom. The molecule has 0 fully saturated rings. The number of sulfone groups is 1. The largest absolute Gasteiger partial charge is 0.495 e. The van der Waals surface area contributed by atoms with Crippen LogP contribution in [0.4, 0.5) is 11.4 Å². The van der Waals surface area contributed by atoms with Crippen molar-refractivity contribution in [1.29, 1.82) is 0 Å². The number of methoxy groups -OCH3 is 1. The highest BCUT2D eigenvalue weighted by molar-refractivity contribution is 7.92. The van der Waals surface area contributed by atoms with E-state index in [1.165, 1.54) is 38.3 Å². The third kappa shape index (κ3) is 4.63. The molecule has 0 spiro atoms. The number of rotatable bonds is 6. The van der Waals surface area contributed by atoms with Gasteiger partial charge in [-0.25, -0.2) is 8.42 Å². The Bertz CT molecular complexity index is 1070. The van der Waals surface area contributed by atoms with Crippen LogP contribution < -0.4 is 20.1 Å². The van der Waals surface area contributed by atoms with Gasteiger partial charge in [0.05, 0.1) is 28.0 Å². The normalized spacial score (nSPS) is 14.2. The Labute approximate surface area is 173 Å². The van der Waals surface area contributed by atoms with Crippen molar-refractivity contribution >= 4 is 44.6 Å². The molecule has 2 N–H and O–H groups in total. The van der Waals surface area contributed by atoms with Gasteiger partial charge in [-0.1, -0.05) is 11.6 Å². The molecule has 3 rings (SSSR count). The van der Waals surface area contributed by atoms with Crippen LogP contribution in [-0.4, -0.2) is 39.2 Å². The van der Waals surface area contributed by atoms with E-state index < -0.39 is 21.0 Å². The van der Waals surface area contributed by atoms with Crippen LogP contribution in [0.2, 0.25) is 5.02 Å². The van der Waals surface area contributed by atoms with Crippen molar-refractivity contribution in [2.45, 2.75) is 23.5 Å². The number of ether oxygens (including phenoxy) is 2. The fraction of sp³-hybridized carbons (Fsp3) is 0.263. The molecule has 2 aromatic rings. The molecule has 1 aliphatic heterocycles. The predicted molar refractivity (Wildman–Crippen MR) is 108 cm³/mol. The van der Waals surface area contributed by atoms with Gasteiger partial charge in [0.25, 0.3) is 5.91 Å².